The molecule has 0 heterocycles. The van der Waals surface area contributed by atoms with Crippen LogP contribution in [-0.2, 0) is 0 Å². The normalized spacial score (nSPS) is 24.8. The van der Waals surface area contributed by atoms with Crippen LogP contribution in [0.25, 0.3) is 0 Å². The van der Waals surface area contributed by atoms with Crippen LogP contribution in [0.5, 0.6) is 0 Å². The molecule has 0 amide bonds. The Morgan fingerprint density at radius 3 is 2.53 bits per heavy atom. The SMILES string of the molecule is CCC1(CC)C(O)CC1c1cc([N+](=O)[O-])ccc1C. The second kappa shape index (κ2) is 4.93. The van der Waals surface area contributed by atoms with E-state index in [4.69, 9.17) is 0 Å². The van der Waals surface area contributed by atoms with Gasteiger partial charge in [0.15, 0.2) is 0 Å². The van der Waals surface area contributed by atoms with Crippen LogP contribution in [0, 0.1) is 22.5 Å². The summed E-state index contributed by atoms with van der Waals surface area (Å²) in [4.78, 5) is 10.6. The molecule has 0 aromatic heterocycles. The van der Waals surface area contributed by atoms with Gasteiger partial charge in [0.05, 0.1) is 11.0 Å². The van der Waals surface area contributed by atoms with E-state index in [1.807, 2.05) is 13.0 Å². The van der Waals surface area contributed by atoms with Crippen LogP contribution in [0.4, 0.5) is 5.69 Å². The monoisotopic (exact) mass is 263 g/mol. The lowest BCUT2D eigenvalue weighted by Gasteiger charge is -2.54. The molecule has 1 aromatic carbocycles. The van der Waals surface area contributed by atoms with Crippen LogP contribution < -0.4 is 0 Å². The molecule has 1 aliphatic rings. The van der Waals surface area contributed by atoms with Gasteiger partial charge in [0.2, 0.25) is 0 Å². The summed E-state index contributed by atoms with van der Waals surface area (Å²) in [5.41, 5.74) is 2.14. The first-order chi connectivity index (χ1) is 8.96. The van der Waals surface area contributed by atoms with E-state index < -0.39 is 0 Å². The molecule has 19 heavy (non-hydrogen) atoms. The van der Waals surface area contributed by atoms with E-state index in [1.165, 1.54) is 0 Å². The summed E-state index contributed by atoms with van der Waals surface area (Å²) in [5, 5.41) is 21.0. The predicted octanol–water partition coefficient (Wildman–Crippen LogP) is 3.56. The highest BCUT2D eigenvalue weighted by atomic mass is 16.6. The highest BCUT2D eigenvalue weighted by molar-refractivity contribution is 5.43. The molecule has 2 rings (SSSR count). The predicted molar refractivity (Wildman–Crippen MR) is 74.2 cm³/mol. The first-order valence-corrected chi connectivity index (χ1v) is 6.89. The lowest BCUT2D eigenvalue weighted by molar-refractivity contribution is -0.385. The highest BCUT2D eigenvalue weighted by Gasteiger charge is 2.52. The Morgan fingerprint density at radius 1 is 1.42 bits per heavy atom. The summed E-state index contributed by atoms with van der Waals surface area (Å²) >= 11 is 0. The van der Waals surface area contributed by atoms with Gasteiger partial charge < -0.3 is 5.11 Å². The lowest BCUT2D eigenvalue weighted by atomic mass is 9.52. The van der Waals surface area contributed by atoms with E-state index >= 15 is 0 Å². The van der Waals surface area contributed by atoms with Gasteiger partial charge in [-0.15, -0.1) is 0 Å². The maximum absolute atomic E-state index is 10.9. The van der Waals surface area contributed by atoms with Crippen molar-refractivity contribution in [3.63, 3.8) is 0 Å². The topological polar surface area (TPSA) is 63.4 Å². The third-order valence-electron chi connectivity index (χ3n) is 4.98. The first kappa shape index (κ1) is 14.0. The van der Waals surface area contributed by atoms with E-state index in [0.717, 1.165) is 24.0 Å². The number of nitro groups is 1. The summed E-state index contributed by atoms with van der Waals surface area (Å²) in [5.74, 6) is 0.234. The molecule has 0 saturated heterocycles. The van der Waals surface area contributed by atoms with Crippen molar-refractivity contribution in [3.05, 3.63) is 39.4 Å². The quantitative estimate of drug-likeness (QED) is 0.667. The smallest absolute Gasteiger partial charge is 0.269 e. The number of non-ortho nitro benzene ring substituents is 1. The number of hydrogen-bond donors (Lipinski definition) is 1. The summed E-state index contributed by atoms with van der Waals surface area (Å²) in [6.45, 7) is 6.16. The molecule has 0 aliphatic heterocycles. The zero-order valence-electron chi connectivity index (χ0n) is 11.7. The van der Waals surface area contributed by atoms with E-state index in [-0.39, 0.29) is 28.0 Å². The fraction of sp³-hybridized carbons (Fsp3) is 0.600. The molecule has 104 valence electrons. The van der Waals surface area contributed by atoms with E-state index in [1.54, 1.807) is 12.1 Å². The van der Waals surface area contributed by atoms with Crippen molar-refractivity contribution in [2.45, 2.75) is 52.1 Å². The number of aryl methyl sites for hydroxylation is 1. The lowest BCUT2D eigenvalue weighted by Crippen LogP contribution is -2.51. The summed E-state index contributed by atoms with van der Waals surface area (Å²) in [7, 11) is 0. The van der Waals surface area contributed by atoms with Crippen LogP contribution in [-0.4, -0.2) is 16.1 Å². The molecule has 1 aromatic rings. The van der Waals surface area contributed by atoms with E-state index in [9.17, 15) is 15.2 Å². The Bertz CT molecular complexity index is 494. The van der Waals surface area contributed by atoms with Gasteiger partial charge in [-0.1, -0.05) is 19.9 Å². The van der Waals surface area contributed by atoms with Gasteiger partial charge in [0, 0.05) is 17.5 Å². The molecule has 2 unspecified atom stereocenters. The minimum absolute atomic E-state index is 0.111. The fourth-order valence-electron chi connectivity index (χ4n) is 3.53. The van der Waals surface area contributed by atoms with E-state index in [2.05, 4.69) is 13.8 Å². The van der Waals surface area contributed by atoms with Gasteiger partial charge >= 0.3 is 0 Å². The zero-order valence-corrected chi connectivity index (χ0v) is 11.7. The van der Waals surface area contributed by atoms with Crippen LogP contribution >= 0.6 is 0 Å². The standard InChI is InChI=1S/C15H21NO3/c1-4-15(5-2)13(9-14(15)17)12-8-11(16(18)19)7-6-10(12)3/h6-8,13-14,17H,4-5,9H2,1-3H3. The molecule has 1 fully saturated rings. The Kier molecular flexibility index (Phi) is 3.63. The van der Waals surface area contributed by atoms with Crippen molar-refractivity contribution in [2.24, 2.45) is 5.41 Å². The number of aliphatic hydroxyl groups is 1. The number of nitro benzene ring substituents is 1. The number of rotatable bonds is 4. The van der Waals surface area contributed by atoms with Crippen molar-refractivity contribution in [1.82, 2.24) is 0 Å². The third-order valence-corrected chi connectivity index (χ3v) is 4.98. The molecular weight excluding hydrogens is 242 g/mol. The zero-order chi connectivity index (χ0) is 14.2. The average Bonchev–Trinajstić information content (AvgIpc) is 2.38. The molecule has 2 atom stereocenters. The number of aliphatic hydroxyl groups excluding tert-OH is 1. The van der Waals surface area contributed by atoms with E-state index in [0.29, 0.717) is 6.42 Å². The molecule has 0 spiro atoms. The van der Waals surface area contributed by atoms with Crippen LogP contribution in [0.2, 0.25) is 0 Å². The van der Waals surface area contributed by atoms with Gasteiger partial charge in [-0.25, -0.2) is 0 Å². The van der Waals surface area contributed by atoms with Crippen LogP contribution in [0.3, 0.4) is 0 Å². The fourth-order valence-corrected chi connectivity index (χ4v) is 3.53. The Morgan fingerprint density at radius 2 is 2.05 bits per heavy atom. The highest BCUT2D eigenvalue weighted by Crippen LogP contribution is 2.58. The molecule has 0 bridgehead atoms. The summed E-state index contributed by atoms with van der Waals surface area (Å²) in [6.07, 6.45) is 2.23. The largest absolute Gasteiger partial charge is 0.393 e. The minimum Gasteiger partial charge on any atom is -0.393 e. The molecule has 0 radical (unpaired) electrons. The molecule has 1 N–H and O–H groups in total. The molecule has 1 saturated carbocycles. The Hall–Kier alpha value is -1.42. The van der Waals surface area contributed by atoms with Crippen LogP contribution in [0.1, 0.15) is 50.2 Å². The van der Waals surface area contributed by atoms with Crippen molar-refractivity contribution in [2.75, 3.05) is 0 Å². The third kappa shape index (κ3) is 2.04. The first-order valence-electron chi connectivity index (χ1n) is 6.89. The van der Waals surface area contributed by atoms with Crippen molar-refractivity contribution in [3.8, 4) is 0 Å². The minimum atomic E-state index is -0.350. The number of nitrogens with zero attached hydrogens (tertiary/aromatic N) is 1. The molecule has 4 heteroatoms. The van der Waals surface area contributed by atoms with Gasteiger partial charge in [-0.3, -0.25) is 10.1 Å². The summed E-state index contributed by atoms with van der Waals surface area (Å²) < 4.78 is 0. The van der Waals surface area contributed by atoms with Gasteiger partial charge in [-0.05, 0) is 43.2 Å². The molecule has 4 nitrogen and oxygen atoms in total. The molecule has 1 aliphatic carbocycles. The van der Waals surface area contributed by atoms with Crippen molar-refractivity contribution in [1.29, 1.82) is 0 Å². The number of benzene rings is 1. The average molecular weight is 263 g/mol. The Labute approximate surface area is 113 Å². The maximum atomic E-state index is 10.9. The van der Waals surface area contributed by atoms with Gasteiger partial charge in [0.1, 0.15) is 0 Å². The van der Waals surface area contributed by atoms with Crippen LogP contribution in [0.15, 0.2) is 18.2 Å². The number of hydrogen-bond acceptors (Lipinski definition) is 3. The second-order valence-electron chi connectivity index (χ2n) is 5.54. The summed E-state index contributed by atoms with van der Waals surface area (Å²) in [6, 6.07) is 5.05. The van der Waals surface area contributed by atoms with Crippen molar-refractivity contribution >= 4 is 5.69 Å². The second-order valence-corrected chi connectivity index (χ2v) is 5.54. The maximum Gasteiger partial charge on any atom is 0.269 e. The van der Waals surface area contributed by atoms with Gasteiger partial charge in [0.25, 0.3) is 5.69 Å². The Balaban J connectivity index is 2.42. The van der Waals surface area contributed by atoms with Gasteiger partial charge in [-0.2, -0.15) is 0 Å². The van der Waals surface area contributed by atoms with Crippen molar-refractivity contribution < 1.29 is 10.0 Å². The molecular formula is C15H21NO3.